The van der Waals surface area contributed by atoms with Gasteiger partial charge in [-0.3, -0.25) is 4.79 Å². The number of ether oxygens (including phenoxy) is 1. The molecular weight excluding hydrogens is 284 g/mol. The van der Waals surface area contributed by atoms with Gasteiger partial charge in [-0.05, 0) is 57.5 Å². The molecule has 0 radical (unpaired) electrons. The van der Waals surface area contributed by atoms with Crippen LogP contribution in [0.1, 0.15) is 26.7 Å². The quantitative estimate of drug-likeness (QED) is 0.820. The Labute approximate surface area is 131 Å². The van der Waals surface area contributed by atoms with Crippen LogP contribution in [0, 0.1) is 0 Å². The molecule has 116 valence electrons. The van der Waals surface area contributed by atoms with Crippen LogP contribution in [0.4, 0.5) is 0 Å². The summed E-state index contributed by atoms with van der Waals surface area (Å²) in [6.45, 7) is 5.13. The minimum Gasteiger partial charge on any atom is -0.497 e. The number of benzene rings is 1. The average molecular weight is 308 g/mol. The first-order valence-corrected chi connectivity index (χ1v) is 8.32. The van der Waals surface area contributed by atoms with Crippen LogP contribution >= 0.6 is 11.8 Å². The lowest BCUT2D eigenvalue weighted by Crippen LogP contribution is -2.53. The monoisotopic (exact) mass is 308 g/mol. The normalized spacial score (nSPS) is 23.4. The molecular formula is C16H24N2O2S. The number of methoxy groups -OCH3 is 1. The lowest BCUT2D eigenvalue weighted by Gasteiger charge is -2.31. The van der Waals surface area contributed by atoms with Gasteiger partial charge in [-0.2, -0.15) is 0 Å². The molecule has 0 aliphatic carbocycles. The highest BCUT2D eigenvalue weighted by Crippen LogP contribution is 2.25. The van der Waals surface area contributed by atoms with Crippen LogP contribution in [-0.2, 0) is 4.79 Å². The molecule has 1 aromatic rings. The van der Waals surface area contributed by atoms with Crippen molar-refractivity contribution in [1.29, 1.82) is 0 Å². The van der Waals surface area contributed by atoms with E-state index in [1.165, 1.54) is 0 Å². The Balaban J connectivity index is 1.86. The van der Waals surface area contributed by atoms with Gasteiger partial charge in [0.1, 0.15) is 5.75 Å². The van der Waals surface area contributed by atoms with Gasteiger partial charge in [0, 0.05) is 17.0 Å². The standard InChI is InChI=1S/C16H24N2O2S/c1-11-15(5-4-10-17-11)18-16(19)12(2)21-14-8-6-13(20-3)7-9-14/h6-9,11-12,15,17H,4-5,10H2,1-3H3,(H,18,19). The van der Waals surface area contributed by atoms with E-state index >= 15 is 0 Å². The van der Waals surface area contributed by atoms with Gasteiger partial charge in [0.05, 0.1) is 12.4 Å². The Bertz CT molecular complexity index is 464. The SMILES string of the molecule is COc1ccc(SC(C)C(=O)NC2CCCNC2C)cc1. The van der Waals surface area contributed by atoms with Gasteiger partial charge in [-0.1, -0.05) is 0 Å². The summed E-state index contributed by atoms with van der Waals surface area (Å²) in [7, 11) is 1.65. The maximum Gasteiger partial charge on any atom is 0.233 e. The van der Waals surface area contributed by atoms with E-state index in [-0.39, 0.29) is 17.2 Å². The first-order chi connectivity index (χ1) is 10.1. The molecule has 2 rings (SSSR count). The van der Waals surface area contributed by atoms with Gasteiger partial charge < -0.3 is 15.4 Å². The van der Waals surface area contributed by atoms with Gasteiger partial charge in [0.25, 0.3) is 0 Å². The van der Waals surface area contributed by atoms with Crippen molar-refractivity contribution in [2.75, 3.05) is 13.7 Å². The van der Waals surface area contributed by atoms with Crippen molar-refractivity contribution >= 4 is 17.7 Å². The highest BCUT2D eigenvalue weighted by molar-refractivity contribution is 8.00. The molecule has 0 saturated carbocycles. The van der Waals surface area contributed by atoms with E-state index in [2.05, 4.69) is 17.6 Å². The summed E-state index contributed by atoms with van der Waals surface area (Å²) in [5, 5.41) is 6.46. The number of carbonyl (C=O) groups is 1. The predicted molar refractivity (Wildman–Crippen MR) is 86.9 cm³/mol. The number of thioether (sulfide) groups is 1. The van der Waals surface area contributed by atoms with Crippen molar-refractivity contribution in [3.8, 4) is 5.75 Å². The van der Waals surface area contributed by atoms with Crippen LogP contribution in [0.25, 0.3) is 0 Å². The highest BCUT2D eigenvalue weighted by Gasteiger charge is 2.24. The van der Waals surface area contributed by atoms with Crippen LogP contribution in [-0.4, -0.2) is 36.9 Å². The lowest BCUT2D eigenvalue weighted by atomic mass is 10.00. The van der Waals surface area contributed by atoms with Crippen LogP contribution in [0.15, 0.2) is 29.2 Å². The van der Waals surface area contributed by atoms with Gasteiger partial charge in [-0.25, -0.2) is 0 Å². The van der Waals surface area contributed by atoms with E-state index in [1.54, 1.807) is 18.9 Å². The fourth-order valence-corrected chi connectivity index (χ4v) is 3.33. The summed E-state index contributed by atoms with van der Waals surface area (Å²) in [4.78, 5) is 13.4. The molecule has 1 aromatic carbocycles. The zero-order chi connectivity index (χ0) is 15.2. The molecule has 1 fully saturated rings. The van der Waals surface area contributed by atoms with Crippen molar-refractivity contribution in [3.05, 3.63) is 24.3 Å². The summed E-state index contributed by atoms with van der Waals surface area (Å²) >= 11 is 1.57. The Kier molecular flexibility index (Phi) is 5.94. The third-order valence-electron chi connectivity index (χ3n) is 3.83. The summed E-state index contributed by atoms with van der Waals surface area (Å²) in [5.41, 5.74) is 0. The molecule has 1 aliphatic heterocycles. The Hall–Kier alpha value is -1.20. The number of carbonyl (C=O) groups excluding carboxylic acids is 1. The summed E-state index contributed by atoms with van der Waals surface area (Å²) in [5.74, 6) is 0.940. The van der Waals surface area contributed by atoms with Crippen LogP contribution in [0.3, 0.4) is 0 Å². The minimum absolute atomic E-state index is 0.104. The molecule has 21 heavy (non-hydrogen) atoms. The van der Waals surface area contributed by atoms with E-state index in [1.807, 2.05) is 31.2 Å². The smallest absolute Gasteiger partial charge is 0.233 e. The molecule has 1 saturated heterocycles. The number of hydrogen-bond donors (Lipinski definition) is 2. The van der Waals surface area contributed by atoms with Crippen LogP contribution in [0.5, 0.6) is 5.75 Å². The van der Waals surface area contributed by atoms with E-state index in [0.717, 1.165) is 30.0 Å². The van der Waals surface area contributed by atoms with Crippen molar-refractivity contribution in [2.45, 2.75) is 48.9 Å². The average Bonchev–Trinajstić information content (AvgIpc) is 2.50. The number of rotatable bonds is 5. The Morgan fingerprint density at radius 2 is 2.14 bits per heavy atom. The van der Waals surface area contributed by atoms with Gasteiger partial charge in [0.15, 0.2) is 0 Å². The highest BCUT2D eigenvalue weighted by atomic mass is 32.2. The Morgan fingerprint density at radius 1 is 1.43 bits per heavy atom. The largest absolute Gasteiger partial charge is 0.497 e. The van der Waals surface area contributed by atoms with E-state index in [0.29, 0.717) is 6.04 Å². The first kappa shape index (κ1) is 16.2. The second-order valence-electron chi connectivity index (χ2n) is 5.44. The van der Waals surface area contributed by atoms with Crippen LogP contribution < -0.4 is 15.4 Å². The van der Waals surface area contributed by atoms with E-state index in [9.17, 15) is 4.79 Å². The molecule has 0 aromatic heterocycles. The minimum atomic E-state index is -0.104. The summed E-state index contributed by atoms with van der Waals surface area (Å²) in [6.07, 6.45) is 2.18. The maximum atomic E-state index is 12.3. The predicted octanol–water partition coefficient (Wildman–Crippen LogP) is 2.43. The third-order valence-corrected chi connectivity index (χ3v) is 4.94. The van der Waals surface area contributed by atoms with E-state index < -0.39 is 0 Å². The fourth-order valence-electron chi connectivity index (χ4n) is 2.45. The molecule has 1 aliphatic rings. The first-order valence-electron chi connectivity index (χ1n) is 7.44. The van der Waals surface area contributed by atoms with Gasteiger partial charge >= 0.3 is 0 Å². The van der Waals surface area contributed by atoms with Gasteiger partial charge in [-0.15, -0.1) is 11.8 Å². The number of piperidine rings is 1. The zero-order valence-corrected chi connectivity index (χ0v) is 13.7. The van der Waals surface area contributed by atoms with Crippen molar-refractivity contribution in [3.63, 3.8) is 0 Å². The van der Waals surface area contributed by atoms with Crippen molar-refractivity contribution in [1.82, 2.24) is 10.6 Å². The molecule has 2 N–H and O–H groups in total. The molecule has 1 amide bonds. The van der Waals surface area contributed by atoms with Crippen molar-refractivity contribution < 1.29 is 9.53 Å². The molecule has 4 nitrogen and oxygen atoms in total. The lowest BCUT2D eigenvalue weighted by molar-refractivity contribution is -0.121. The maximum absolute atomic E-state index is 12.3. The van der Waals surface area contributed by atoms with Crippen molar-refractivity contribution in [2.24, 2.45) is 0 Å². The molecule has 3 atom stereocenters. The number of nitrogens with one attached hydrogen (secondary N) is 2. The number of amides is 1. The Morgan fingerprint density at radius 3 is 2.76 bits per heavy atom. The molecule has 1 heterocycles. The second kappa shape index (κ2) is 7.71. The van der Waals surface area contributed by atoms with E-state index in [4.69, 9.17) is 4.74 Å². The zero-order valence-electron chi connectivity index (χ0n) is 12.9. The number of hydrogen-bond acceptors (Lipinski definition) is 4. The molecule has 0 spiro atoms. The van der Waals surface area contributed by atoms with Gasteiger partial charge in [0.2, 0.25) is 5.91 Å². The second-order valence-corrected chi connectivity index (χ2v) is 6.85. The summed E-state index contributed by atoms with van der Waals surface area (Å²) < 4.78 is 5.14. The third kappa shape index (κ3) is 4.64. The topological polar surface area (TPSA) is 50.4 Å². The molecule has 3 unspecified atom stereocenters. The summed E-state index contributed by atoms with van der Waals surface area (Å²) in [6, 6.07) is 8.39. The van der Waals surface area contributed by atoms with Crippen LogP contribution in [0.2, 0.25) is 0 Å². The fraction of sp³-hybridized carbons (Fsp3) is 0.562. The molecule has 0 bridgehead atoms. The molecule has 5 heteroatoms.